The Labute approximate surface area is 165 Å². The van der Waals surface area contributed by atoms with Gasteiger partial charge in [-0.2, -0.15) is 0 Å². The van der Waals surface area contributed by atoms with Gasteiger partial charge < -0.3 is 5.32 Å². The first kappa shape index (κ1) is 21.1. The van der Waals surface area contributed by atoms with Crippen LogP contribution >= 0.6 is 12.8 Å². The second-order valence-corrected chi connectivity index (χ2v) is 9.87. The number of carbonyl (C=O) groups excluding carboxylic acids is 1. The van der Waals surface area contributed by atoms with Crippen molar-refractivity contribution in [1.29, 1.82) is 0 Å². The molecule has 0 aliphatic heterocycles. The van der Waals surface area contributed by atoms with Crippen molar-refractivity contribution in [3.63, 3.8) is 0 Å². The van der Waals surface area contributed by atoms with Crippen molar-refractivity contribution in [2.24, 2.45) is 11.3 Å². The minimum atomic E-state index is -0.113. The highest BCUT2D eigenvalue weighted by atomic mass is 32.1. The van der Waals surface area contributed by atoms with E-state index < -0.39 is 0 Å². The fourth-order valence-corrected chi connectivity index (χ4v) is 4.84. The molecule has 2 rings (SSSR count). The lowest BCUT2D eigenvalue weighted by Crippen LogP contribution is -2.46. The van der Waals surface area contributed by atoms with Crippen LogP contribution in [0.15, 0.2) is 18.2 Å². The molecule has 0 radical (unpaired) electrons. The van der Waals surface area contributed by atoms with Crippen molar-refractivity contribution in [3.8, 4) is 0 Å². The Morgan fingerprint density at radius 1 is 1.15 bits per heavy atom. The van der Waals surface area contributed by atoms with Crippen LogP contribution in [0, 0.1) is 11.3 Å². The molecule has 146 valence electrons. The highest BCUT2D eigenvalue weighted by Crippen LogP contribution is 2.39. The molecule has 1 aliphatic carbocycles. The van der Waals surface area contributed by atoms with Crippen LogP contribution in [0.3, 0.4) is 0 Å². The minimum Gasteiger partial charge on any atom is -0.334 e. The van der Waals surface area contributed by atoms with E-state index in [-0.39, 0.29) is 17.5 Å². The van der Waals surface area contributed by atoms with Gasteiger partial charge in [0.15, 0.2) is 0 Å². The van der Waals surface area contributed by atoms with Gasteiger partial charge in [0.2, 0.25) is 0 Å². The van der Waals surface area contributed by atoms with E-state index in [0.717, 1.165) is 18.5 Å². The summed E-state index contributed by atoms with van der Waals surface area (Å²) >= 11 is 4.63. The molecule has 0 bridgehead atoms. The molecular weight excluding hydrogens is 340 g/mol. The summed E-state index contributed by atoms with van der Waals surface area (Å²) in [7, 11) is 0. The standard InChI is InChI=1S/C22H36N2OS/c1-14(2)18-9-8-10-19(15(3)4)20(18)24(26)21(25)23-17-11-16(5)12-22(6,7)13-17/h8-10,14-17,26H,11-13H2,1-7H3,(H,23,25). The minimum absolute atomic E-state index is 0.113. The van der Waals surface area contributed by atoms with E-state index in [0.29, 0.717) is 17.8 Å². The maximum Gasteiger partial charge on any atom is 0.332 e. The first-order chi connectivity index (χ1) is 12.0. The number of thiol groups is 1. The summed E-state index contributed by atoms with van der Waals surface area (Å²) < 4.78 is 1.54. The molecule has 1 fully saturated rings. The van der Waals surface area contributed by atoms with E-state index in [4.69, 9.17) is 0 Å². The number of nitrogens with one attached hydrogen (secondary N) is 1. The second-order valence-electron chi connectivity index (χ2n) is 9.47. The number of hydrogen-bond donors (Lipinski definition) is 2. The number of para-hydroxylation sites is 1. The normalized spacial score (nSPS) is 22.5. The zero-order valence-electron chi connectivity index (χ0n) is 17.5. The Kier molecular flexibility index (Phi) is 6.70. The topological polar surface area (TPSA) is 32.3 Å². The Hall–Kier alpha value is -1.16. The van der Waals surface area contributed by atoms with Crippen molar-refractivity contribution >= 4 is 24.5 Å². The highest BCUT2D eigenvalue weighted by Gasteiger charge is 2.33. The predicted octanol–water partition coefficient (Wildman–Crippen LogP) is 6.51. The maximum absolute atomic E-state index is 13.0. The Balaban J connectivity index is 2.25. The number of benzene rings is 1. The molecule has 1 aromatic carbocycles. The molecule has 0 aromatic heterocycles. The Morgan fingerprint density at radius 3 is 2.15 bits per heavy atom. The maximum atomic E-state index is 13.0. The molecule has 1 saturated carbocycles. The number of urea groups is 1. The Morgan fingerprint density at radius 2 is 1.69 bits per heavy atom. The number of carbonyl (C=O) groups is 1. The largest absolute Gasteiger partial charge is 0.334 e. The smallest absolute Gasteiger partial charge is 0.332 e. The van der Waals surface area contributed by atoms with Gasteiger partial charge in [-0.1, -0.05) is 79.5 Å². The summed E-state index contributed by atoms with van der Waals surface area (Å²) in [5.41, 5.74) is 3.55. The van der Waals surface area contributed by atoms with Gasteiger partial charge in [-0.25, -0.2) is 9.10 Å². The highest BCUT2D eigenvalue weighted by molar-refractivity contribution is 7.82. The quantitative estimate of drug-likeness (QED) is 0.577. The molecule has 0 spiro atoms. The molecule has 2 amide bonds. The molecule has 1 aromatic rings. The van der Waals surface area contributed by atoms with Gasteiger partial charge in [0.05, 0.1) is 5.69 Å². The first-order valence-electron chi connectivity index (χ1n) is 9.94. The van der Waals surface area contributed by atoms with Crippen molar-refractivity contribution in [1.82, 2.24) is 5.32 Å². The summed E-state index contributed by atoms with van der Waals surface area (Å²) in [5.74, 6) is 1.30. The van der Waals surface area contributed by atoms with Crippen LogP contribution in [-0.2, 0) is 0 Å². The summed E-state index contributed by atoms with van der Waals surface area (Å²) in [5, 5.41) is 3.25. The van der Waals surface area contributed by atoms with E-state index >= 15 is 0 Å². The summed E-state index contributed by atoms with van der Waals surface area (Å²) in [6.45, 7) is 15.5. The molecule has 1 N–H and O–H groups in total. The Bertz CT molecular complexity index is 613. The summed E-state index contributed by atoms with van der Waals surface area (Å²) in [4.78, 5) is 13.0. The fraction of sp³-hybridized carbons (Fsp3) is 0.682. The number of rotatable bonds is 4. The predicted molar refractivity (Wildman–Crippen MR) is 115 cm³/mol. The zero-order chi connectivity index (χ0) is 19.6. The van der Waals surface area contributed by atoms with Crippen LogP contribution in [0.4, 0.5) is 10.5 Å². The van der Waals surface area contributed by atoms with Crippen LogP contribution < -0.4 is 9.62 Å². The van der Waals surface area contributed by atoms with Crippen molar-refractivity contribution in [2.75, 3.05) is 4.31 Å². The number of hydrogen-bond acceptors (Lipinski definition) is 2. The van der Waals surface area contributed by atoms with Gasteiger partial charge in [0, 0.05) is 6.04 Å². The molecular formula is C22H36N2OS. The van der Waals surface area contributed by atoms with E-state index in [1.807, 2.05) is 0 Å². The van der Waals surface area contributed by atoms with Gasteiger partial charge in [-0.15, -0.1) is 0 Å². The van der Waals surface area contributed by atoms with E-state index in [2.05, 4.69) is 84.8 Å². The molecule has 0 saturated heterocycles. The average Bonchev–Trinajstić information content (AvgIpc) is 2.51. The molecule has 26 heavy (non-hydrogen) atoms. The summed E-state index contributed by atoms with van der Waals surface area (Å²) in [6.07, 6.45) is 3.28. The molecule has 0 heterocycles. The van der Waals surface area contributed by atoms with Gasteiger partial charge >= 0.3 is 6.03 Å². The monoisotopic (exact) mass is 376 g/mol. The van der Waals surface area contributed by atoms with E-state index in [1.54, 1.807) is 0 Å². The molecule has 2 unspecified atom stereocenters. The van der Waals surface area contributed by atoms with E-state index in [9.17, 15) is 4.79 Å². The number of amides is 2. The molecule has 1 aliphatic rings. The fourth-order valence-electron chi connectivity index (χ4n) is 4.55. The lowest BCUT2D eigenvalue weighted by atomic mass is 9.70. The zero-order valence-corrected chi connectivity index (χ0v) is 18.4. The molecule has 2 atom stereocenters. The van der Waals surface area contributed by atoms with Crippen LogP contribution in [0.2, 0.25) is 0 Å². The van der Waals surface area contributed by atoms with Gasteiger partial charge in [0.25, 0.3) is 0 Å². The summed E-state index contributed by atoms with van der Waals surface area (Å²) in [6, 6.07) is 6.39. The second kappa shape index (κ2) is 8.24. The first-order valence-corrected chi connectivity index (χ1v) is 10.3. The van der Waals surface area contributed by atoms with Crippen molar-refractivity contribution in [2.45, 2.75) is 85.6 Å². The van der Waals surface area contributed by atoms with Crippen LogP contribution in [0.25, 0.3) is 0 Å². The third kappa shape index (κ3) is 4.97. The third-order valence-corrected chi connectivity index (χ3v) is 5.84. The lowest BCUT2D eigenvalue weighted by Gasteiger charge is -2.39. The lowest BCUT2D eigenvalue weighted by molar-refractivity contribution is 0.154. The third-order valence-electron chi connectivity index (χ3n) is 5.46. The van der Waals surface area contributed by atoms with Crippen molar-refractivity contribution in [3.05, 3.63) is 29.3 Å². The number of nitrogens with zero attached hydrogens (tertiary/aromatic N) is 1. The molecule has 3 nitrogen and oxygen atoms in total. The van der Waals surface area contributed by atoms with Gasteiger partial charge in [-0.3, -0.25) is 0 Å². The van der Waals surface area contributed by atoms with Gasteiger partial charge in [-0.05, 0) is 53.6 Å². The number of anilines is 1. The van der Waals surface area contributed by atoms with Crippen molar-refractivity contribution < 1.29 is 4.79 Å². The van der Waals surface area contributed by atoms with E-state index in [1.165, 1.54) is 21.9 Å². The SMILES string of the molecule is CC1CC(NC(=O)N(S)c2c(C(C)C)cccc2C(C)C)CC(C)(C)C1. The molecule has 4 heteroatoms. The van der Waals surface area contributed by atoms with Crippen LogP contribution in [0.5, 0.6) is 0 Å². The average molecular weight is 377 g/mol. The van der Waals surface area contributed by atoms with Crippen LogP contribution in [0.1, 0.15) is 90.7 Å². The van der Waals surface area contributed by atoms with Crippen LogP contribution in [-0.4, -0.2) is 12.1 Å². The van der Waals surface area contributed by atoms with Gasteiger partial charge in [0.1, 0.15) is 0 Å².